The third-order valence-corrected chi connectivity index (χ3v) is 3.87. The van der Waals surface area contributed by atoms with Crippen LogP contribution in [-0.2, 0) is 16.0 Å². The fourth-order valence-corrected chi connectivity index (χ4v) is 3.00. The molecule has 1 aliphatic rings. The van der Waals surface area contributed by atoms with Gasteiger partial charge in [-0.05, 0) is 30.9 Å². The Morgan fingerprint density at radius 3 is 3.11 bits per heavy atom. The summed E-state index contributed by atoms with van der Waals surface area (Å²) >= 11 is 0. The first-order valence-corrected chi connectivity index (χ1v) is 6.46. The predicted octanol–water partition coefficient (Wildman–Crippen LogP) is 3.15. The minimum absolute atomic E-state index is 0.119. The minimum atomic E-state index is -0.119. The van der Waals surface area contributed by atoms with Crippen LogP contribution in [0.15, 0.2) is 24.3 Å². The second-order valence-electron chi connectivity index (χ2n) is 4.93. The SMILES string of the molecule is COC(=O)CC1CCCc2c1[nH]c1ccccc21. The maximum Gasteiger partial charge on any atom is 0.306 e. The number of nitrogens with one attached hydrogen (secondary N) is 1. The molecule has 1 aromatic carbocycles. The van der Waals surface area contributed by atoms with Crippen molar-refractivity contribution in [1.82, 2.24) is 4.98 Å². The van der Waals surface area contributed by atoms with E-state index in [0.29, 0.717) is 6.42 Å². The highest BCUT2D eigenvalue weighted by molar-refractivity contribution is 5.85. The highest BCUT2D eigenvalue weighted by Gasteiger charge is 2.26. The van der Waals surface area contributed by atoms with Crippen LogP contribution in [0.3, 0.4) is 0 Å². The van der Waals surface area contributed by atoms with Crippen molar-refractivity contribution in [2.24, 2.45) is 0 Å². The van der Waals surface area contributed by atoms with Gasteiger partial charge in [0, 0.05) is 22.5 Å². The number of para-hydroxylation sites is 1. The summed E-state index contributed by atoms with van der Waals surface area (Å²) in [5, 5.41) is 1.31. The lowest BCUT2D eigenvalue weighted by Gasteiger charge is -2.21. The van der Waals surface area contributed by atoms with Gasteiger partial charge in [0.2, 0.25) is 0 Å². The highest BCUT2D eigenvalue weighted by Crippen LogP contribution is 2.37. The van der Waals surface area contributed by atoms with Gasteiger partial charge in [-0.2, -0.15) is 0 Å². The number of aryl methyl sites for hydroxylation is 1. The summed E-state index contributed by atoms with van der Waals surface area (Å²) in [5.74, 6) is 0.167. The number of ether oxygens (including phenoxy) is 1. The van der Waals surface area contributed by atoms with Crippen LogP contribution in [0.1, 0.15) is 36.4 Å². The van der Waals surface area contributed by atoms with Crippen molar-refractivity contribution in [1.29, 1.82) is 0 Å². The highest BCUT2D eigenvalue weighted by atomic mass is 16.5. The maximum absolute atomic E-state index is 11.5. The number of aromatic nitrogens is 1. The molecule has 2 aromatic rings. The van der Waals surface area contributed by atoms with Crippen LogP contribution in [-0.4, -0.2) is 18.1 Å². The lowest BCUT2D eigenvalue weighted by Crippen LogP contribution is -2.14. The van der Waals surface area contributed by atoms with Crippen molar-refractivity contribution < 1.29 is 9.53 Å². The van der Waals surface area contributed by atoms with Crippen LogP contribution >= 0.6 is 0 Å². The van der Waals surface area contributed by atoms with Crippen molar-refractivity contribution in [3.05, 3.63) is 35.5 Å². The smallest absolute Gasteiger partial charge is 0.306 e. The summed E-state index contributed by atoms with van der Waals surface area (Å²) in [6, 6.07) is 8.37. The number of esters is 1. The number of benzene rings is 1. The number of hydrogen-bond donors (Lipinski definition) is 1. The van der Waals surface area contributed by atoms with E-state index in [1.165, 1.54) is 29.3 Å². The summed E-state index contributed by atoms with van der Waals surface area (Å²) in [7, 11) is 1.46. The molecule has 0 bridgehead atoms. The first-order chi connectivity index (χ1) is 8.79. The van der Waals surface area contributed by atoms with E-state index in [1.54, 1.807) is 0 Å². The van der Waals surface area contributed by atoms with E-state index in [2.05, 4.69) is 23.2 Å². The molecule has 0 spiro atoms. The molecule has 0 aliphatic heterocycles. The molecule has 3 nitrogen and oxygen atoms in total. The van der Waals surface area contributed by atoms with E-state index in [9.17, 15) is 4.79 Å². The van der Waals surface area contributed by atoms with Gasteiger partial charge < -0.3 is 9.72 Å². The molecule has 94 valence electrons. The van der Waals surface area contributed by atoms with Gasteiger partial charge in [0.1, 0.15) is 0 Å². The normalized spacial score (nSPS) is 18.6. The molecule has 1 atom stereocenters. The van der Waals surface area contributed by atoms with Gasteiger partial charge in [-0.15, -0.1) is 0 Å². The molecule has 18 heavy (non-hydrogen) atoms. The quantitative estimate of drug-likeness (QED) is 0.823. The molecule has 0 amide bonds. The van der Waals surface area contributed by atoms with Gasteiger partial charge in [0.05, 0.1) is 13.5 Å². The Labute approximate surface area is 106 Å². The van der Waals surface area contributed by atoms with Gasteiger partial charge in [0.15, 0.2) is 0 Å². The summed E-state index contributed by atoms with van der Waals surface area (Å²) < 4.78 is 4.79. The number of rotatable bonds is 2. The molecule has 0 saturated carbocycles. The number of carbonyl (C=O) groups is 1. The molecule has 1 unspecified atom stereocenters. The van der Waals surface area contributed by atoms with Crippen molar-refractivity contribution in [3.8, 4) is 0 Å². The minimum Gasteiger partial charge on any atom is -0.469 e. The van der Waals surface area contributed by atoms with Gasteiger partial charge >= 0.3 is 5.97 Å². The zero-order chi connectivity index (χ0) is 12.5. The Hall–Kier alpha value is -1.77. The monoisotopic (exact) mass is 243 g/mol. The third kappa shape index (κ3) is 1.80. The Morgan fingerprint density at radius 2 is 2.28 bits per heavy atom. The number of methoxy groups -OCH3 is 1. The molecular formula is C15H17NO2. The molecule has 1 aromatic heterocycles. The molecule has 0 saturated heterocycles. The largest absolute Gasteiger partial charge is 0.469 e. The molecular weight excluding hydrogens is 226 g/mol. The van der Waals surface area contributed by atoms with Crippen LogP contribution in [0.4, 0.5) is 0 Å². The standard InChI is InChI=1S/C15H17NO2/c1-18-14(17)9-10-5-4-7-12-11-6-2-3-8-13(11)16-15(10)12/h2-3,6,8,10,16H,4-5,7,9H2,1H3. The number of carbonyl (C=O) groups excluding carboxylic acids is 1. The Kier molecular flexibility index (Phi) is 2.82. The molecule has 1 heterocycles. The van der Waals surface area contributed by atoms with Gasteiger partial charge in [-0.3, -0.25) is 4.79 Å². The average Bonchev–Trinajstić information content (AvgIpc) is 2.78. The van der Waals surface area contributed by atoms with Crippen LogP contribution in [0.2, 0.25) is 0 Å². The van der Waals surface area contributed by atoms with E-state index in [4.69, 9.17) is 4.74 Å². The van der Waals surface area contributed by atoms with Gasteiger partial charge in [-0.25, -0.2) is 0 Å². The van der Waals surface area contributed by atoms with Crippen LogP contribution < -0.4 is 0 Å². The molecule has 3 heteroatoms. The fraction of sp³-hybridized carbons (Fsp3) is 0.400. The Bertz CT molecular complexity index is 585. The lowest BCUT2D eigenvalue weighted by atomic mass is 9.85. The van der Waals surface area contributed by atoms with Crippen LogP contribution in [0.5, 0.6) is 0 Å². The lowest BCUT2D eigenvalue weighted by molar-refractivity contribution is -0.141. The second kappa shape index (κ2) is 4.48. The maximum atomic E-state index is 11.5. The van der Waals surface area contributed by atoms with Crippen LogP contribution in [0.25, 0.3) is 10.9 Å². The number of H-pyrrole nitrogens is 1. The van der Waals surface area contributed by atoms with E-state index >= 15 is 0 Å². The van der Waals surface area contributed by atoms with Crippen LogP contribution in [0, 0.1) is 0 Å². The number of aromatic amines is 1. The summed E-state index contributed by atoms with van der Waals surface area (Å²) in [5.41, 5.74) is 3.82. The number of hydrogen-bond acceptors (Lipinski definition) is 2. The van der Waals surface area contributed by atoms with Crippen molar-refractivity contribution in [2.75, 3.05) is 7.11 Å². The van der Waals surface area contributed by atoms with Crippen molar-refractivity contribution in [3.63, 3.8) is 0 Å². The zero-order valence-corrected chi connectivity index (χ0v) is 10.5. The first-order valence-electron chi connectivity index (χ1n) is 6.46. The third-order valence-electron chi connectivity index (χ3n) is 3.87. The molecule has 0 radical (unpaired) electrons. The molecule has 3 rings (SSSR count). The fourth-order valence-electron chi connectivity index (χ4n) is 3.00. The van der Waals surface area contributed by atoms with E-state index in [0.717, 1.165) is 19.3 Å². The predicted molar refractivity (Wildman–Crippen MR) is 70.6 cm³/mol. The molecule has 1 aliphatic carbocycles. The van der Waals surface area contributed by atoms with Gasteiger partial charge in [-0.1, -0.05) is 18.2 Å². The number of fused-ring (bicyclic) bond motifs is 3. The molecule has 1 N–H and O–H groups in total. The summed E-state index contributed by atoms with van der Waals surface area (Å²) in [4.78, 5) is 15.0. The van der Waals surface area contributed by atoms with Crippen molar-refractivity contribution in [2.45, 2.75) is 31.6 Å². The Morgan fingerprint density at radius 1 is 1.44 bits per heavy atom. The zero-order valence-electron chi connectivity index (χ0n) is 10.5. The average molecular weight is 243 g/mol. The van der Waals surface area contributed by atoms with E-state index in [1.807, 2.05) is 6.07 Å². The first kappa shape index (κ1) is 11.3. The second-order valence-corrected chi connectivity index (χ2v) is 4.93. The topological polar surface area (TPSA) is 42.1 Å². The van der Waals surface area contributed by atoms with Crippen molar-refractivity contribution >= 4 is 16.9 Å². The Balaban J connectivity index is 2.02. The summed E-state index contributed by atoms with van der Waals surface area (Å²) in [6.45, 7) is 0. The van der Waals surface area contributed by atoms with E-state index < -0.39 is 0 Å². The van der Waals surface area contributed by atoms with Gasteiger partial charge in [0.25, 0.3) is 0 Å². The van der Waals surface area contributed by atoms with E-state index in [-0.39, 0.29) is 11.9 Å². The summed E-state index contributed by atoms with van der Waals surface area (Å²) in [6.07, 6.45) is 3.80. The molecule has 0 fully saturated rings.